The SMILES string of the molecule is C=Cc1ccc2c(Cl)cc(-c3ccc(NC)c(C=C)c3)nc2c1. The molecule has 0 saturated heterocycles. The highest BCUT2D eigenvalue weighted by atomic mass is 35.5. The van der Waals surface area contributed by atoms with Gasteiger partial charge in [0.1, 0.15) is 0 Å². The topological polar surface area (TPSA) is 24.9 Å². The van der Waals surface area contributed by atoms with Gasteiger partial charge < -0.3 is 5.32 Å². The number of hydrogen-bond acceptors (Lipinski definition) is 2. The maximum absolute atomic E-state index is 6.44. The van der Waals surface area contributed by atoms with Crippen LogP contribution < -0.4 is 5.32 Å². The molecule has 0 amide bonds. The molecule has 0 fully saturated rings. The van der Waals surface area contributed by atoms with Gasteiger partial charge in [-0.15, -0.1) is 0 Å². The molecule has 0 spiro atoms. The Morgan fingerprint density at radius 3 is 2.57 bits per heavy atom. The van der Waals surface area contributed by atoms with Crippen molar-refractivity contribution in [3.05, 3.63) is 71.8 Å². The first-order chi connectivity index (χ1) is 11.2. The highest BCUT2D eigenvalue weighted by molar-refractivity contribution is 6.35. The van der Waals surface area contributed by atoms with Gasteiger partial charge in [-0.3, -0.25) is 0 Å². The number of nitrogens with one attached hydrogen (secondary N) is 1. The van der Waals surface area contributed by atoms with Gasteiger partial charge in [0, 0.05) is 23.7 Å². The molecule has 0 aliphatic carbocycles. The summed E-state index contributed by atoms with van der Waals surface area (Å²) in [6.45, 7) is 7.67. The summed E-state index contributed by atoms with van der Waals surface area (Å²) in [5.41, 5.74) is 5.80. The fraction of sp³-hybridized carbons (Fsp3) is 0.0500. The van der Waals surface area contributed by atoms with Crippen LogP contribution >= 0.6 is 11.6 Å². The summed E-state index contributed by atoms with van der Waals surface area (Å²) in [7, 11) is 1.89. The van der Waals surface area contributed by atoms with Crippen molar-refractivity contribution in [2.24, 2.45) is 0 Å². The number of fused-ring (bicyclic) bond motifs is 1. The van der Waals surface area contributed by atoms with Crippen molar-refractivity contribution in [3.63, 3.8) is 0 Å². The molecular formula is C20H17ClN2. The lowest BCUT2D eigenvalue weighted by molar-refractivity contribution is 1.39. The van der Waals surface area contributed by atoms with E-state index in [4.69, 9.17) is 16.6 Å². The zero-order valence-electron chi connectivity index (χ0n) is 12.9. The maximum Gasteiger partial charge on any atom is 0.0730 e. The van der Waals surface area contributed by atoms with Gasteiger partial charge >= 0.3 is 0 Å². The molecule has 3 heteroatoms. The third-order valence-electron chi connectivity index (χ3n) is 3.86. The summed E-state index contributed by atoms with van der Waals surface area (Å²) in [5, 5.41) is 4.79. The monoisotopic (exact) mass is 320 g/mol. The fourth-order valence-electron chi connectivity index (χ4n) is 2.60. The van der Waals surface area contributed by atoms with Crippen molar-refractivity contribution < 1.29 is 0 Å². The second-order valence-corrected chi connectivity index (χ2v) is 5.63. The molecule has 2 aromatic carbocycles. The molecule has 1 aromatic heterocycles. The number of rotatable bonds is 4. The average molecular weight is 321 g/mol. The Hall–Kier alpha value is -2.58. The Morgan fingerprint density at radius 1 is 1.04 bits per heavy atom. The highest BCUT2D eigenvalue weighted by Crippen LogP contribution is 2.31. The molecule has 0 saturated carbocycles. The van der Waals surface area contributed by atoms with Crippen LogP contribution in [0.2, 0.25) is 5.02 Å². The van der Waals surface area contributed by atoms with E-state index in [-0.39, 0.29) is 0 Å². The van der Waals surface area contributed by atoms with Crippen LogP contribution in [0.1, 0.15) is 11.1 Å². The number of anilines is 1. The van der Waals surface area contributed by atoms with Gasteiger partial charge in [0.2, 0.25) is 0 Å². The number of nitrogens with zero attached hydrogens (tertiary/aromatic N) is 1. The van der Waals surface area contributed by atoms with Crippen molar-refractivity contribution in [1.82, 2.24) is 4.98 Å². The van der Waals surface area contributed by atoms with Gasteiger partial charge in [0.05, 0.1) is 16.2 Å². The minimum Gasteiger partial charge on any atom is -0.388 e. The Balaban J connectivity index is 2.19. The van der Waals surface area contributed by atoms with E-state index in [0.29, 0.717) is 5.02 Å². The Labute approximate surface area is 141 Å². The van der Waals surface area contributed by atoms with Gasteiger partial charge in [0.15, 0.2) is 0 Å². The Bertz CT molecular complexity index is 913. The molecule has 0 aliphatic heterocycles. The van der Waals surface area contributed by atoms with Crippen molar-refractivity contribution in [3.8, 4) is 11.3 Å². The quantitative estimate of drug-likeness (QED) is 0.649. The van der Waals surface area contributed by atoms with E-state index < -0.39 is 0 Å². The van der Waals surface area contributed by atoms with Crippen LogP contribution in [0.4, 0.5) is 5.69 Å². The maximum atomic E-state index is 6.44. The lowest BCUT2D eigenvalue weighted by Gasteiger charge is -2.10. The predicted octanol–water partition coefficient (Wildman–Crippen LogP) is 5.88. The van der Waals surface area contributed by atoms with Crippen molar-refractivity contribution in [2.75, 3.05) is 12.4 Å². The molecule has 1 N–H and O–H groups in total. The van der Waals surface area contributed by atoms with E-state index in [9.17, 15) is 0 Å². The molecule has 2 nitrogen and oxygen atoms in total. The summed E-state index contributed by atoms with van der Waals surface area (Å²) in [6, 6.07) is 14.0. The summed E-state index contributed by atoms with van der Waals surface area (Å²) in [6.07, 6.45) is 3.63. The molecule has 1 heterocycles. The van der Waals surface area contributed by atoms with E-state index >= 15 is 0 Å². The minimum atomic E-state index is 0.693. The number of hydrogen-bond donors (Lipinski definition) is 1. The van der Waals surface area contributed by atoms with E-state index in [1.54, 1.807) is 6.08 Å². The van der Waals surface area contributed by atoms with E-state index in [1.807, 2.05) is 49.5 Å². The smallest absolute Gasteiger partial charge is 0.0730 e. The normalized spacial score (nSPS) is 10.5. The molecule has 23 heavy (non-hydrogen) atoms. The molecule has 3 aromatic rings. The first-order valence-electron chi connectivity index (χ1n) is 7.33. The van der Waals surface area contributed by atoms with Crippen LogP contribution in [0.25, 0.3) is 34.3 Å². The third-order valence-corrected chi connectivity index (χ3v) is 4.17. The minimum absolute atomic E-state index is 0.693. The summed E-state index contributed by atoms with van der Waals surface area (Å²) >= 11 is 6.44. The Kier molecular flexibility index (Phi) is 4.18. The van der Waals surface area contributed by atoms with Gasteiger partial charge in [-0.05, 0) is 35.4 Å². The highest BCUT2D eigenvalue weighted by Gasteiger charge is 2.08. The van der Waals surface area contributed by atoms with Gasteiger partial charge in [-0.1, -0.05) is 55.1 Å². The molecular weight excluding hydrogens is 304 g/mol. The summed E-state index contributed by atoms with van der Waals surface area (Å²) in [4.78, 5) is 4.76. The first kappa shape index (κ1) is 15.3. The van der Waals surface area contributed by atoms with Gasteiger partial charge in [-0.25, -0.2) is 4.98 Å². The van der Waals surface area contributed by atoms with Gasteiger partial charge in [-0.2, -0.15) is 0 Å². The number of aromatic nitrogens is 1. The number of pyridine rings is 1. The predicted molar refractivity (Wildman–Crippen MR) is 102 cm³/mol. The van der Waals surface area contributed by atoms with Crippen LogP contribution in [0.3, 0.4) is 0 Å². The molecule has 0 unspecified atom stereocenters. The summed E-state index contributed by atoms with van der Waals surface area (Å²) < 4.78 is 0. The zero-order valence-corrected chi connectivity index (χ0v) is 13.7. The fourth-order valence-corrected chi connectivity index (χ4v) is 2.86. The Morgan fingerprint density at radius 2 is 1.87 bits per heavy atom. The molecule has 0 bridgehead atoms. The lowest BCUT2D eigenvalue weighted by atomic mass is 10.0. The number of benzene rings is 2. The molecule has 3 rings (SSSR count). The molecule has 0 radical (unpaired) electrons. The van der Waals surface area contributed by atoms with Crippen molar-refractivity contribution in [2.45, 2.75) is 0 Å². The second kappa shape index (κ2) is 6.27. The molecule has 0 atom stereocenters. The zero-order chi connectivity index (χ0) is 16.4. The van der Waals surface area contributed by atoms with Crippen LogP contribution in [0, 0.1) is 0 Å². The first-order valence-corrected chi connectivity index (χ1v) is 7.71. The average Bonchev–Trinajstić information content (AvgIpc) is 2.60. The molecule has 114 valence electrons. The van der Waals surface area contributed by atoms with E-state index in [0.717, 1.165) is 39.0 Å². The van der Waals surface area contributed by atoms with E-state index in [2.05, 4.69) is 24.5 Å². The largest absolute Gasteiger partial charge is 0.388 e. The number of halogens is 1. The van der Waals surface area contributed by atoms with Crippen molar-refractivity contribution in [1.29, 1.82) is 0 Å². The standard InChI is InChI=1S/C20H17ClN2/c1-4-13-6-8-16-17(21)12-19(23-20(16)10-13)15-7-9-18(22-3)14(5-2)11-15/h4-12,22H,1-2H2,3H3. The van der Waals surface area contributed by atoms with Gasteiger partial charge in [0.25, 0.3) is 0 Å². The second-order valence-electron chi connectivity index (χ2n) is 5.23. The third kappa shape index (κ3) is 2.86. The van der Waals surface area contributed by atoms with Crippen molar-refractivity contribution >= 4 is 40.3 Å². The molecule has 0 aliphatic rings. The summed E-state index contributed by atoms with van der Waals surface area (Å²) in [5.74, 6) is 0. The van der Waals surface area contributed by atoms with Crippen LogP contribution in [-0.4, -0.2) is 12.0 Å². The van der Waals surface area contributed by atoms with Crippen LogP contribution in [-0.2, 0) is 0 Å². The van der Waals surface area contributed by atoms with Crippen LogP contribution in [0.5, 0.6) is 0 Å². The lowest BCUT2D eigenvalue weighted by Crippen LogP contribution is -1.93. The van der Waals surface area contributed by atoms with E-state index in [1.165, 1.54) is 0 Å². The van der Waals surface area contributed by atoms with Crippen LogP contribution in [0.15, 0.2) is 55.6 Å².